The van der Waals surface area contributed by atoms with Gasteiger partial charge in [0, 0.05) is 22.5 Å². The molecule has 0 bridgehead atoms. The third kappa shape index (κ3) is 3.66. The van der Waals surface area contributed by atoms with Crippen molar-refractivity contribution in [3.8, 4) is 11.5 Å². The monoisotopic (exact) mass is 381 g/mol. The highest BCUT2D eigenvalue weighted by atomic mass is 35.5. The number of nitrogens with zero attached hydrogens (tertiary/aromatic N) is 1. The smallest absolute Gasteiger partial charge is 0.274 e. The fourth-order valence-corrected chi connectivity index (χ4v) is 2.84. The molecule has 0 spiro atoms. The molecule has 1 aliphatic heterocycles. The predicted molar refractivity (Wildman–Crippen MR) is 104 cm³/mol. The van der Waals surface area contributed by atoms with Gasteiger partial charge < -0.3 is 20.1 Å². The van der Waals surface area contributed by atoms with Crippen LogP contribution in [0.3, 0.4) is 0 Å². The molecule has 0 saturated heterocycles. The van der Waals surface area contributed by atoms with Gasteiger partial charge in [-0.3, -0.25) is 4.79 Å². The summed E-state index contributed by atoms with van der Waals surface area (Å²) in [6.45, 7) is 2.13. The van der Waals surface area contributed by atoms with E-state index in [2.05, 4.69) is 15.6 Å². The number of carbonyl (C=O) groups excluding carboxylic acids is 1. The number of hydrogen-bond acceptors (Lipinski definition) is 5. The van der Waals surface area contributed by atoms with Gasteiger partial charge >= 0.3 is 0 Å². The molecule has 2 heterocycles. The average molecular weight is 382 g/mol. The Bertz CT molecular complexity index is 1010. The van der Waals surface area contributed by atoms with Crippen LogP contribution >= 0.6 is 11.6 Å². The van der Waals surface area contributed by atoms with E-state index >= 15 is 0 Å². The Morgan fingerprint density at radius 1 is 1.07 bits per heavy atom. The number of pyridine rings is 1. The first-order chi connectivity index (χ1) is 13.1. The Labute approximate surface area is 161 Å². The Balaban J connectivity index is 1.45. The number of fused-ring (bicyclic) bond motifs is 1. The van der Waals surface area contributed by atoms with Crippen molar-refractivity contribution >= 4 is 34.6 Å². The normalized spacial score (nSPS) is 11.9. The molecule has 0 radical (unpaired) electrons. The van der Waals surface area contributed by atoms with E-state index in [1.807, 2.05) is 25.1 Å². The van der Waals surface area contributed by atoms with E-state index in [9.17, 15) is 4.79 Å². The number of amides is 1. The topological polar surface area (TPSA) is 72.5 Å². The summed E-state index contributed by atoms with van der Waals surface area (Å²) in [6, 6.07) is 14.3. The lowest BCUT2D eigenvalue weighted by Gasteiger charge is -2.11. The molecule has 0 fully saturated rings. The highest BCUT2D eigenvalue weighted by Gasteiger charge is 2.15. The van der Waals surface area contributed by atoms with Crippen molar-refractivity contribution in [1.29, 1.82) is 0 Å². The van der Waals surface area contributed by atoms with Crippen molar-refractivity contribution in [2.24, 2.45) is 0 Å². The van der Waals surface area contributed by atoms with Crippen LogP contribution in [0, 0.1) is 6.92 Å². The van der Waals surface area contributed by atoms with Crippen molar-refractivity contribution < 1.29 is 14.3 Å². The second-order valence-electron chi connectivity index (χ2n) is 5.99. The van der Waals surface area contributed by atoms with Crippen molar-refractivity contribution in [2.75, 3.05) is 17.4 Å². The Kier molecular flexibility index (Phi) is 4.56. The lowest BCUT2D eigenvalue weighted by Crippen LogP contribution is -2.13. The number of ether oxygens (including phenoxy) is 2. The van der Waals surface area contributed by atoms with Crippen LogP contribution in [0.5, 0.6) is 11.5 Å². The van der Waals surface area contributed by atoms with E-state index in [4.69, 9.17) is 21.1 Å². The van der Waals surface area contributed by atoms with Crippen LogP contribution in [0.15, 0.2) is 54.7 Å². The molecule has 0 aliphatic carbocycles. The number of aromatic nitrogens is 1. The molecule has 27 heavy (non-hydrogen) atoms. The maximum Gasteiger partial charge on any atom is 0.274 e. The quantitative estimate of drug-likeness (QED) is 0.681. The van der Waals surface area contributed by atoms with E-state index in [1.54, 1.807) is 36.5 Å². The van der Waals surface area contributed by atoms with Gasteiger partial charge in [-0.1, -0.05) is 17.7 Å². The Morgan fingerprint density at radius 2 is 1.89 bits per heavy atom. The Hall–Kier alpha value is -3.25. The standard InChI is InChI=1S/C20H16ClN3O3/c1-12-15(21)3-2-4-16(12)23-14-5-7-17(22-10-14)20(25)24-13-6-8-18-19(9-13)27-11-26-18/h2-10,23H,11H2,1H3,(H,24,25). The molecule has 2 aromatic carbocycles. The molecular weight excluding hydrogens is 366 g/mol. The number of halogens is 1. The van der Waals surface area contributed by atoms with Gasteiger partial charge in [0.25, 0.3) is 5.91 Å². The third-order valence-corrected chi connectivity index (χ3v) is 4.58. The van der Waals surface area contributed by atoms with Gasteiger partial charge in [0.1, 0.15) is 5.69 Å². The fourth-order valence-electron chi connectivity index (χ4n) is 2.67. The zero-order valence-electron chi connectivity index (χ0n) is 14.5. The number of benzene rings is 2. The molecule has 1 aliphatic rings. The van der Waals surface area contributed by atoms with E-state index in [0.29, 0.717) is 27.9 Å². The number of rotatable bonds is 4. The van der Waals surface area contributed by atoms with E-state index in [1.165, 1.54) is 0 Å². The summed E-state index contributed by atoms with van der Waals surface area (Å²) in [4.78, 5) is 16.6. The minimum Gasteiger partial charge on any atom is -0.454 e. The molecule has 3 aromatic rings. The van der Waals surface area contributed by atoms with Gasteiger partial charge in [-0.25, -0.2) is 4.98 Å². The second-order valence-corrected chi connectivity index (χ2v) is 6.40. The number of anilines is 3. The third-order valence-electron chi connectivity index (χ3n) is 4.17. The molecule has 1 amide bonds. The summed E-state index contributed by atoms with van der Waals surface area (Å²) in [7, 11) is 0. The van der Waals surface area contributed by atoms with Crippen LogP contribution in [-0.4, -0.2) is 17.7 Å². The summed E-state index contributed by atoms with van der Waals surface area (Å²) in [5, 5.41) is 6.73. The molecule has 0 saturated carbocycles. The molecule has 2 N–H and O–H groups in total. The number of carbonyl (C=O) groups is 1. The zero-order valence-corrected chi connectivity index (χ0v) is 15.2. The van der Waals surface area contributed by atoms with Gasteiger partial charge in [0.05, 0.1) is 11.9 Å². The van der Waals surface area contributed by atoms with Crippen LogP contribution in [0.25, 0.3) is 0 Å². The molecule has 1 aromatic heterocycles. The first-order valence-electron chi connectivity index (χ1n) is 8.29. The first-order valence-corrected chi connectivity index (χ1v) is 8.67. The summed E-state index contributed by atoms with van der Waals surface area (Å²) >= 11 is 6.13. The summed E-state index contributed by atoms with van der Waals surface area (Å²) in [5.41, 5.74) is 3.52. The van der Waals surface area contributed by atoms with Crippen molar-refractivity contribution in [3.05, 3.63) is 71.0 Å². The first kappa shape index (κ1) is 17.2. The lowest BCUT2D eigenvalue weighted by atomic mass is 10.2. The van der Waals surface area contributed by atoms with Gasteiger partial charge in [-0.2, -0.15) is 0 Å². The highest BCUT2D eigenvalue weighted by molar-refractivity contribution is 6.31. The number of hydrogen-bond donors (Lipinski definition) is 2. The van der Waals surface area contributed by atoms with Crippen molar-refractivity contribution in [1.82, 2.24) is 4.98 Å². The minimum atomic E-state index is -0.306. The van der Waals surface area contributed by atoms with E-state index < -0.39 is 0 Å². The summed E-state index contributed by atoms with van der Waals surface area (Å²) < 4.78 is 10.6. The SMILES string of the molecule is Cc1c(Cl)cccc1Nc1ccc(C(=O)Nc2ccc3c(c2)OCO3)nc1. The van der Waals surface area contributed by atoms with Gasteiger partial charge in [-0.15, -0.1) is 0 Å². The van der Waals surface area contributed by atoms with Gasteiger partial charge in [0.15, 0.2) is 11.5 Å². The summed E-state index contributed by atoms with van der Waals surface area (Å²) in [6.07, 6.45) is 1.61. The maximum absolute atomic E-state index is 12.4. The summed E-state index contributed by atoms with van der Waals surface area (Å²) in [5.74, 6) is 0.967. The van der Waals surface area contributed by atoms with Gasteiger partial charge in [0.2, 0.25) is 6.79 Å². The van der Waals surface area contributed by atoms with E-state index in [-0.39, 0.29) is 12.7 Å². The lowest BCUT2D eigenvalue weighted by molar-refractivity contribution is 0.102. The second kappa shape index (κ2) is 7.17. The van der Waals surface area contributed by atoms with Crippen molar-refractivity contribution in [2.45, 2.75) is 6.92 Å². The molecular formula is C20H16ClN3O3. The predicted octanol–water partition coefficient (Wildman–Crippen LogP) is 4.77. The molecule has 6 nitrogen and oxygen atoms in total. The molecule has 7 heteroatoms. The molecule has 0 unspecified atom stereocenters. The maximum atomic E-state index is 12.4. The fraction of sp³-hybridized carbons (Fsp3) is 0.100. The number of nitrogens with one attached hydrogen (secondary N) is 2. The minimum absolute atomic E-state index is 0.189. The van der Waals surface area contributed by atoms with Crippen molar-refractivity contribution in [3.63, 3.8) is 0 Å². The molecule has 4 rings (SSSR count). The van der Waals surface area contributed by atoms with Crippen LogP contribution in [0.1, 0.15) is 16.1 Å². The van der Waals surface area contributed by atoms with Crippen LogP contribution in [0.4, 0.5) is 17.1 Å². The highest BCUT2D eigenvalue weighted by Crippen LogP contribution is 2.34. The zero-order chi connectivity index (χ0) is 18.8. The van der Waals surface area contributed by atoms with Crippen LogP contribution < -0.4 is 20.1 Å². The average Bonchev–Trinajstić information content (AvgIpc) is 3.14. The van der Waals surface area contributed by atoms with Crippen LogP contribution in [0.2, 0.25) is 5.02 Å². The van der Waals surface area contributed by atoms with Crippen LogP contribution in [-0.2, 0) is 0 Å². The largest absolute Gasteiger partial charge is 0.454 e. The van der Waals surface area contributed by atoms with E-state index in [0.717, 1.165) is 16.9 Å². The van der Waals surface area contributed by atoms with Gasteiger partial charge in [-0.05, 0) is 48.9 Å². The molecule has 0 atom stereocenters. The Morgan fingerprint density at radius 3 is 2.70 bits per heavy atom. The molecule has 136 valence electrons.